The predicted molar refractivity (Wildman–Crippen MR) is 120 cm³/mol. The van der Waals surface area contributed by atoms with E-state index in [1.54, 1.807) is 6.26 Å². The molecule has 2 aliphatic heterocycles. The van der Waals surface area contributed by atoms with Crippen LogP contribution in [0.4, 0.5) is 10.6 Å². The molecule has 2 aromatic heterocycles. The van der Waals surface area contributed by atoms with E-state index < -0.39 is 6.09 Å². The Morgan fingerprint density at radius 1 is 1.29 bits per heavy atom. The molecule has 0 bridgehead atoms. The van der Waals surface area contributed by atoms with Crippen LogP contribution in [0.1, 0.15) is 12.8 Å². The van der Waals surface area contributed by atoms with E-state index in [2.05, 4.69) is 37.8 Å². The van der Waals surface area contributed by atoms with Gasteiger partial charge in [-0.1, -0.05) is 0 Å². The second kappa shape index (κ2) is 8.16. The van der Waals surface area contributed by atoms with Crippen LogP contribution >= 0.6 is 15.9 Å². The van der Waals surface area contributed by atoms with Gasteiger partial charge in [-0.25, -0.2) is 4.79 Å². The number of hydrogen-bond donors (Lipinski definition) is 1. The first-order chi connectivity index (χ1) is 15.0. The van der Waals surface area contributed by atoms with Crippen LogP contribution in [0, 0.1) is 0 Å². The van der Waals surface area contributed by atoms with E-state index in [0.29, 0.717) is 50.4 Å². The second-order valence-corrected chi connectivity index (χ2v) is 8.94. The number of rotatable bonds is 4. The first-order valence-corrected chi connectivity index (χ1v) is 11.2. The molecule has 2 fully saturated rings. The zero-order valence-electron chi connectivity index (χ0n) is 17.3. The molecule has 2 saturated heterocycles. The molecule has 31 heavy (non-hydrogen) atoms. The average Bonchev–Trinajstić information content (AvgIpc) is 3.41. The summed E-state index contributed by atoms with van der Waals surface area (Å²) in [5, 5.41) is 11.1. The Labute approximate surface area is 187 Å². The first-order valence-electron chi connectivity index (χ1n) is 10.4. The van der Waals surface area contributed by atoms with E-state index in [-0.39, 0.29) is 0 Å². The minimum absolute atomic E-state index is 0.335. The van der Waals surface area contributed by atoms with Gasteiger partial charge in [0.1, 0.15) is 18.0 Å². The van der Waals surface area contributed by atoms with Crippen molar-refractivity contribution in [3.8, 4) is 6.01 Å². The molecule has 5 rings (SSSR count). The van der Waals surface area contributed by atoms with Crippen molar-refractivity contribution in [1.29, 1.82) is 0 Å². The molecule has 0 saturated carbocycles. The lowest BCUT2D eigenvalue weighted by Gasteiger charge is -2.34. The van der Waals surface area contributed by atoms with Gasteiger partial charge >= 0.3 is 12.1 Å². The number of carboxylic acid groups (broad SMARTS) is 1. The minimum Gasteiger partial charge on any atom is -0.465 e. The molecule has 10 heteroatoms. The number of carbonyl (C=O) groups is 1. The highest BCUT2D eigenvalue weighted by Crippen LogP contribution is 2.37. The molecule has 164 valence electrons. The van der Waals surface area contributed by atoms with Gasteiger partial charge in [0, 0.05) is 42.1 Å². The molecular formula is C21H24BrN5O4. The number of ether oxygens (including phenoxy) is 1. The molecule has 1 amide bonds. The van der Waals surface area contributed by atoms with Crippen LogP contribution in [0.5, 0.6) is 6.01 Å². The largest absolute Gasteiger partial charge is 0.465 e. The number of likely N-dealkylation sites (tertiary alicyclic amines) is 1. The number of anilines is 1. The maximum absolute atomic E-state index is 11.3. The molecule has 2 aliphatic rings. The zero-order chi connectivity index (χ0) is 21.5. The molecule has 1 N–H and O–H groups in total. The van der Waals surface area contributed by atoms with Crippen LogP contribution in [0.15, 0.2) is 27.3 Å². The molecule has 0 radical (unpaired) electrons. The Balaban J connectivity index is 1.54. The molecule has 0 spiro atoms. The number of fused-ring (bicyclic) bond motifs is 3. The minimum atomic E-state index is -0.894. The molecule has 9 nitrogen and oxygen atoms in total. The van der Waals surface area contributed by atoms with Crippen molar-refractivity contribution >= 4 is 49.7 Å². The second-order valence-electron chi connectivity index (χ2n) is 8.09. The fraction of sp³-hybridized carbons (Fsp3) is 0.476. The van der Waals surface area contributed by atoms with Gasteiger partial charge in [0.05, 0.1) is 17.2 Å². The van der Waals surface area contributed by atoms with E-state index in [0.717, 1.165) is 39.5 Å². The van der Waals surface area contributed by atoms with E-state index in [1.165, 1.54) is 11.3 Å². The van der Waals surface area contributed by atoms with Gasteiger partial charge in [0.25, 0.3) is 0 Å². The van der Waals surface area contributed by atoms with Gasteiger partial charge in [0.15, 0.2) is 0 Å². The van der Waals surface area contributed by atoms with Crippen LogP contribution in [0.3, 0.4) is 0 Å². The van der Waals surface area contributed by atoms with Gasteiger partial charge in [-0.05, 0) is 54.5 Å². The zero-order valence-corrected chi connectivity index (χ0v) is 18.8. The van der Waals surface area contributed by atoms with Crippen molar-refractivity contribution in [2.45, 2.75) is 18.9 Å². The van der Waals surface area contributed by atoms with Gasteiger partial charge < -0.3 is 29.0 Å². The summed E-state index contributed by atoms with van der Waals surface area (Å²) >= 11 is 3.61. The number of amides is 1. The Morgan fingerprint density at radius 2 is 2.10 bits per heavy atom. The van der Waals surface area contributed by atoms with Gasteiger partial charge in [-0.3, -0.25) is 0 Å². The lowest BCUT2D eigenvalue weighted by atomic mass is 10.1. The molecular weight excluding hydrogens is 466 g/mol. The molecule has 3 aromatic rings. The van der Waals surface area contributed by atoms with E-state index >= 15 is 0 Å². The number of likely N-dealkylation sites (N-methyl/N-ethyl adjacent to an activating group) is 1. The van der Waals surface area contributed by atoms with Crippen LogP contribution in [0.2, 0.25) is 0 Å². The number of benzene rings is 1. The quantitative estimate of drug-likeness (QED) is 0.595. The van der Waals surface area contributed by atoms with Crippen LogP contribution in [-0.2, 0) is 0 Å². The van der Waals surface area contributed by atoms with Gasteiger partial charge in [-0.2, -0.15) is 9.97 Å². The van der Waals surface area contributed by atoms with Crippen molar-refractivity contribution in [3.05, 3.63) is 22.9 Å². The topological polar surface area (TPSA) is 95.2 Å². The van der Waals surface area contributed by atoms with Crippen LogP contribution in [0.25, 0.3) is 21.9 Å². The van der Waals surface area contributed by atoms with Gasteiger partial charge in [-0.15, -0.1) is 0 Å². The van der Waals surface area contributed by atoms with Crippen molar-refractivity contribution in [2.75, 3.05) is 51.3 Å². The van der Waals surface area contributed by atoms with Crippen LogP contribution < -0.4 is 9.64 Å². The maximum Gasteiger partial charge on any atom is 0.407 e. The highest BCUT2D eigenvalue weighted by atomic mass is 79.9. The summed E-state index contributed by atoms with van der Waals surface area (Å²) in [7, 11) is 2.11. The summed E-state index contributed by atoms with van der Waals surface area (Å²) in [5.41, 5.74) is 1.44. The van der Waals surface area contributed by atoms with Crippen molar-refractivity contribution in [1.82, 2.24) is 19.8 Å². The molecule has 0 aliphatic carbocycles. The Bertz CT molecular complexity index is 1130. The molecule has 4 heterocycles. The maximum atomic E-state index is 11.3. The summed E-state index contributed by atoms with van der Waals surface area (Å²) in [6.45, 7) is 3.54. The molecule has 1 unspecified atom stereocenters. The number of halogens is 1. The van der Waals surface area contributed by atoms with Crippen molar-refractivity contribution < 1.29 is 19.1 Å². The first kappa shape index (κ1) is 20.3. The normalized spacial score (nSPS) is 20.1. The summed E-state index contributed by atoms with van der Waals surface area (Å²) < 4.78 is 12.8. The number of nitrogens with zero attached hydrogens (tertiary/aromatic N) is 5. The highest BCUT2D eigenvalue weighted by molar-refractivity contribution is 9.10. The third kappa shape index (κ3) is 3.78. The standard InChI is InChI=1S/C21H24BrN5O4/c1-25-5-2-3-13(25)12-31-20-23-16-11-15(22)14-4-10-30-18(14)17(16)19(24-20)26-6-8-27(9-7-26)21(28)29/h4,10-11,13H,2-3,5-9,12H2,1H3,(H,28,29). The predicted octanol–water partition coefficient (Wildman–Crippen LogP) is 3.41. The van der Waals surface area contributed by atoms with Gasteiger partial charge in [0.2, 0.25) is 0 Å². The van der Waals surface area contributed by atoms with E-state index in [4.69, 9.17) is 14.1 Å². The Kier molecular flexibility index (Phi) is 5.35. The van der Waals surface area contributed by atoms with E-state index in [1.807, 2.05) is 12.1 Å². The smallest absolute Gasteiger partial charge is 0.407 e. The lowest BCUT2D eigenvalue weighted by molar-refractivity contribution is 0.142. The Morgan fingerprint density at radius 3 is 2.81 bits per heavy atom. The monoisotopic (exact) mass is 489 g/mol. The number of piperazine rings is 1. The summed E-state index contributed by atoms with van der Waals surface area (Å²) in [6, 6.07) is 4.56. The number of hydrogen-bond acceptors (Lipinski definition) is 7. The summed E-state index contributed by atoms with van der Waals surface area (Å²) in [6.07, 6.45) is 3.04. The van der Waals surface area contributed by atoms with E-state index in [9.17, 15) is 9.90 Å². The lowest BCUT2D eigenvalue weighted by Crippen LogP contribution is -2.48. The molecule has 1 atom stereocenters. The summed E-state index contributed by atoms with van der Waals surface area (Å²) in [4.78, 5) is 26.6. The molecule has 1 aromatic carbocycles. The fourth-order valence-corrected chi connectivity index (χ4v) is 4.95. The Hall–Kier alpha value is -2.59. The number of aromatic nitrogens is 2. The fourth-order valence-electron chi connectivity index (χ4n) is 4.42. The summed E-state index contributed by atoms with van der Waals surface area (Å²) in [5.74, 6) is 0.720. The third-order valence-corrected chi connectivity index (χ3v) is 6.89. The highest BCUT2D eigenvalue weighted by Gasteiger charge is 2.27. The SMILES string of the molecule is CN1CCCC1COc1nc(N2CCN(C(=O)O)CC2)c2c(cc(Br)c3ccoc32)n1. The average molecular weight is 490 g/mol. The number of furan rings is 1. The third-order valence-electron chi connectivity index (χ3n) is 6.24. The van der Waals surface area contributed by atoms with Crippen LogP contribution in [-0.4, -0.2) is 83.4 Å². The van der Waals surface area contributed by atoms with Crippen molar-refractivity contribution in [2.24, 2.45) is 0 Å². The van der Waals surface area contributed by atoms with Crippen molar-refractivity contribution in [3.63, 3.8) is 0 Å².